The third-order valence-corrected chi connectivity index (χ3v) is 12.9. The van der Waals surface area contributed by atoms with Gasteiger partial charge in [-0.3, -0.25) is 0 Å². The summed E-state index contributed by atoms with van der Waals surface area (Å²) in [6, 6.07) is 55.0. The molecule has 0 N–H and O–H groups in total. The molecule has 0 fully saturated rings. The molecule has 4 heterocycles. The van der Waals surface area contributed by atoms with Gasteiger partial charge in [-0.1, -0.05) is 180 Å². The first-order chi connectivity index (χ1) is 35.0. The first kappa shape index (κ1) is 36.7. The van der Waals surface area contributed by atoms with Crippen LogP contribution in [-0.2, 0) is 31.9 Å². The quantitative estimate of drug-likeness (QED) is 0.154. The van der Waals surface area contributed by atoms with Gasteiger partial charge >= 0.3 is 0 Å². The molecule has 68 heavy (non-hydrogen) atoms. The van der Waals surface area contributed by atoms with Gasteiger partial charge in [-0.15, -0.1) is 29.1 Å². The molecule has 10 bridgehead atoms. The van der Waals surface area contributed by atoms with Crippen molar-refractivity contribution >= 4 is 82.1 Å². The monoisotopic (exact) mass is 1070 g/mol. The molecule has 6 heteroatoms. The Morgan fingerprint density at radius 3 is 2.03 bits per heavy atom. The maximum Gasteiger partial charge on any atom is 0.136 e. The molecule has 0 aliphatic carbocycles. The van der Waals surface area contributed by atoms with Crippen molar-refractivity contribution in [3.05, 3.63) is 211 Å². The van der Waals surface area contributed by atoms with E-state index in [0.717, 1.165) is 66.1 Å². The zero-order valence-corrected chi connectivity index (χ0v) is 40.7. The van der Waals surface area contributed by atoms with Crippen molar-refractivity contribution in [3.8, 4) is 22.5 Å². The molecule has 0 atom stereocenters. The Hall–Kier alpha value is -7.33. The van der Waals surface area contributed by atoms with E-state index in [0.29, 0.717) is 22.3 Å². The summed E-state index contributed by atoms with van der Waals surface area (Å²) in [5.41, 5.74) is 8.32. The largest absolute Gasteiger partial charge is 0.510 e. The average Bonchev–Trinajstić information content (AvgIpc) is 3.95. The zero-order valence-electron chi connectivity index (χ0n) is 44.4. The first-order valence-electron chi connectivity index (χ1n) is 25.6. The smallest absolute Gasteiger partial charge is 0.136 e. The maximum absolute atomic E-state index is 9.65. The van der Waals surface area contributed by atoms with Crippen molar-refractivity contribution in [1.29, 1.82) is 0 Å². The van der Waals surface area contributed by atoms with Crippen molar-refractivity contribution < 1.29 is 33.7 Å². The number of para-hydroxylation sites is 4. The molecule has 1 aliphatic rings. The molecule has 1 aliphatic heterocycles. The van der Waals surface area contributed by atoms with Gasteiger partial charge in [-0.2, -0.15) is 23.7 Å². The van der Waals surface area contributed by atoms with Gasteiger partial charge in [-0.25, -0.2) is 4.98 Å². The second-order valence-electron chi connectivity index (χ2n) is 19.3. The minimum absolute atomic E-state index is 0. The molecular formula is C62H49N4OPt-3. The van der Waals surface area contributed by atoms with Crippen molar-refractivity contribution in [2.75, 3.05) is 0 Å². The number of rotatable bonds is 1. The van der Waals surface area contributed by atoms with E-state index in [4.69, 9.17) is 12.1 Å². The van der Waals surface area contributed by atoms with Crippen LogP contribution in [0.1, 0.15) is 60.9 Å². The second kappa shape index (κ2) is 16.5. The van der Waals surface area contributed by atoms with Gasteiger partial charge in [0.1, 0.15) is 5.65 Å². The average molecular weight is 1070 g/mol. The fourth-order valence-corrected chi connectivity index (χ4v) is 9.41. The summed E-state index contributed by atoms with van der Waals surface area (Å²) in [6.07, 6.45) is 2.11. The molecule has 8 aromatic carbocycles. The number of nitrogens with zero attached hydrogens (tertiary/aromatic N) is 4. The Morgan fingerprint density at radius 2 is 1.24 bits per heavy atom. The van der Waals surface area contributed by atoms with Crippen molar-refractivity contribution in [2.45, 2.75) is 52.4 Å². The van der Waals surface area contributed by atoms with Gasteiger partial charge in [0, 0.05) is 50.8 Å². The van der Waals surface area contributed by atoms with E-state index in [1.807, 2.05) is 36.4 Å². The summed E-state index contributed by atoms with van der Waals surface area (Å²) >= 11 is 0. The Balaban J connectivity index is 0.00000588. The van der Waals surface area contributed by atoms with Gasteiger partial charge < -0.3 is 18.0 Å². The van der Waals surface area contributed by atoms with E-state index < -0.39 is 17.5 Å². The predicted molar refractivity (Wildman–Crippen MR) is 280 cm³/mol. The number of benzene rings is 8. The van der Waals surface area contributed by atoms with Crippen LogP contribution in [0.3, 0.4) is 0 Å². The van der Waals surface area contributed by atoms with Gasteiger partial charge in [-0.05, 0) is 97.0 Å². The predicted octanol–water partition coefficient (Wildman–Crippen LogP) is 16.4. The third kappa shape index (κ3) is 7.37. The molecule has 11 aromatic rings. The van der Waals surface area contributed by atoms with E-state index in [-0.39, 0.29) is 78.0 Å². The summed E-state index contributed by atoms with van der Waals surface area (Å²) in [6.45, 7) is 12.7. The molecule has 0 unspecified atom stereocenters. The zero-order chi connectivity index (χ0) is 50.8. The topological polar surface area (TPSA) is 40.3 Å². The SMILES string of the molecule is [2H]c1c([2H])c([2H])c2c(c1[2H])c1c([2H])c([2H])c3[c-]c1n2c1cc(C(C)(C)C)cc(n1)c1cccc(c1)c1ccccc1c1cccc(-c2ccccc2)c1n1[cH-]n(c2[c-]c(cc(C(C)(C)C)c2)o3)-c2ccccc2-1.[Pt]. The third-order valence-electron chi connectivity index (χ3n) is 12.9. The summed E-state index contributed by atoms with van der Waals surface area (Å²) < 4.78 is 68.3. The Labute approximate surface area is 418 Å². The summed E-state index contributed by atoms with van der Waals surface area (Å²) in [4.78, 5) is 5.36. The summed E-state index contributed by atoms with van der Waals surface area (Å²) in [7, 11) is 0. The van der Waals surface area contributed by atoms with Crippen LogP contribution in [0, 0.1) is 12.1 Å². The van der Waals surface area contributed by atoms with Gasteiger partial charge in [0.05, 0.1) is 11.0 Å². The van der Waals surface area contributed by atoms with E-state index in [1.54, 1.807) is 4.40 Å². The number of hydrogen-bond donors (Lipinski definition) is 0. The molecule has 0 saturated carbocycles. The van der Waals surface area contributed by atoms with Crippen LogP contribution in [0.4, 0.5) is 0 Å². The maximum atomic E-state index is 9.65. The van der Waals surface area contributed by atoms with Gasteiger partial charge in [0.2, 0.25) is 0 Å². The van der Waals surface area contributed by atoms with Crippen LogP contribution in [0.5, 0.6) is 0 Å². The fourth-order valence-electron chi connectivity index (χ4n) is 9.41. The first-order valence-corrected chi connectivity index (χ1v) is 22.6. The summed E-state index contributed by atoms with van der Waals surface area (Å²) in [5, 5.41) is 5.11. The van der Waals surface area contributed by atoms with Crippen molar-refractivity contribution in [3.63, 3.8) is 0 Å². The van der Waals surface area contributed by atoms with E-state index in [2.05, 4.69) is 178 Å². The Kier molecular flexibility index (Phi) is 8.90. The molecule has 12 rings (SSSR count). The Morgan fingerprint density at radius 1 is 0.559 bits per heavy atom. The molecule has 0 radical (unpaired) electrons. The van der Waals surface area contributed by atoms with Crippen LogP contribution in [0.25, 0.3) is 105 Å². The summed E-state index contributed by atoms with van der Waals surface area (Å²) in [5.74, 6) is 0. The second-order valence-corrected chi connectivity index (χ2v) is 19.3. The fraction of sp³-hybridized carbons (Fsp3) is 0.129. The van der Waals surface area contributed by atoms with Crippen molar-refractivity contribution in [2.24, 2.45) is 0 Å². The standard InChI is InChI=1S/C62H49N4O.Pt/c1-61(2,3)43-33-45-37-47(34-43)67-46-30-31-52-51-24-12-13-27-55(51)66(58(52)38-46)59-36-44(62(4,5)6)35-54(63-59)42-21-16-20-41(32-42)48-22-10-11-23-50(48)53-26-17-25-49(40-18-8-7-9-19-40)60(53)65-39-64(45)56-28-14-15-29-57(56)65;/h7-36,39H,1-6H3;/q-3;/i12D,13D,24D,27D,30D,31D;. The van der Waals surface area contributed by atoms with Gasteiger partial charge in [0.15, 0.2) is 0 Å². The molecule has 0 saturated heterocycles. The molecule has 0 spiro atoms. The van der Waals surface area contributed by atoms with E-state index in [1.165, 1.54) is 0 Å². The Bertz CT molecular complexity index is 4430. The number of fused-ring (bicyclic) bond motifs is 23. The van der Waals surface area contributed by atoms with Crippen LogP contribution in [0.2, 0.25) is 0 Å². The molecule has 5 nitrogen and oxygen atoms in total. The molecule has 0 amide bonds. The molecule has 336 valence electrons. The van der Waals surface area contributed by atoms with Crippen LogP contribution in [-0.4, -0.2) is 18.5 Å². The molecule has 3 aromatic heterocycles. The van der Waals surface area contributed by atoms with Crippen LogP contribution < -0.4 is 0 Å². The minimum atomic E-state index is -0.441. The van der Waals surface area contributed by atoms with Crippen molar-refractivity contribution in [1.82, 2.24) is 18.5 Å². The number of hydrogen-bond acceptors (Lipinski definition) is 2. The number of aromatic nitrogens is 4. The minimum Gasteiger partial charge on any atom is -0.510 e. The number of pyridine rings is 1. The number of imidazole rings is 1. The van der Waals surface area contributed by atoms with Crippen LogP contribution >= 0.6 is 0 Å². The van der Waals surface area contributed by atoms with Gasteiger partial charge in [0.25, 0.3) is 0 Å². The van der Waals surface area contributed by atoms with E-state index >= 15 is 0 Å². The normalized spacial score (nSPS) is 13.4. The van der Waals surface area contributed by atoms with E-state index in [9.17, 15) is 5.48 Å². The molecular weight excluding hydrogens is 1010 g/mol. The van der Waals surface area contributed by atoms with Crippen LogP contribution in [0.15, 0.2) is 193 Å².